The third-order valence-electron chi connectivity index (χ3n) is 3.68. The fourth-order valence-electron chi connectivity index (χ4n) is 2.19. The molecule has 0 spiro atoms. The smallest absolute Gasteiger partial charge is 0.251 e. The van der Waals surface area contributed by atoms with Crippen molar-refractivity contribution in [3.63, 3.8) is 0 Å². The van der Waals surface area contributed by atoms with Crippen molar-refractivity contribution < 1.29 is 15.0 Å². The standard InChI is InChI=1S/C14H19NO3/c1-10-8-11(17)2-3-12(10)13(18)15-9-14(4-5-14)6-7-16/h2-3,8,16-17H,4-7,9H2,1H3,(H,15,18). The first-order chi connectivity index (χ1) is 8.56. The molecular weight excluding hydrogens is 230 g/mol. The molecule has 1 aromatic rings. The van der Waals surface area contributed by atoms with Gasteiger partial charge in [-0.15, -0.1) is 0 Å². The fourth-order valence-corrected chi connectivity index (χ4v) is 2.19. The summed E-state index contributed by atoms with van der Waals surface area (Å²) in [6.07, 6.45) is 2.90. The number of aryl methyl sites for hydroxylation is 1. The highest BCUT2D eigenvalue weighted by atomic mass is 16.3. The van der Waals surface area contributed by atoms with E-state index in [4.69, 9.17) is 5.11 Å². The van der Waals surface area contributed by atoms with E-state index in [2.05, 4.69) is 5.32 Å². The van der Waals surface area contributed by atoms with E-state index in [1.165, 1.54) is 6.07 Å². The Bertz CT molecular complexity index is 452. The molecule has 18 heavy (non-hydrogen) atoms. The van der Waals surface area contributed by atoms with Crippen molar-refractivity contribution in [2.24, 2.45) is 5.41 Å². The molecule has 0 heterocycles. The maximum absolute atomic E-state index is 12.0. The van der Waals surface area contributed by atoms with Crippen molar-refractivity contribution in [1.29, 1.82) is 0 Å². The summed E-state index contributed by atoms with van der Waals surface area (Å²) < 4.78 is 0. The summed E-state index contributed by atoms with van der Waals surface area (Å²) in [5.41, 5.74) is 1.47. The number of aliphatic hydroxyl groups is 1. The van der Waals surface area contributed by atoms with Gasteiger partial charge in [0.2, 0.25) is 0 Å². The number of carbonyl (C=O) groups excluding carboxylic acids is 1. The Hall–Kier alpha value is -1.55. The number of hydrogen-bond donors (Lipinski definition) is 3. The molecule has 0 aliphatic heterocycles. The molecule has 1 saturated carbocycles. The molecule has 4 nitrogen and oxygen atoms in total. The number of phenolic OH excluding ortho intramolecular Hbond substituents is 1. The second-order valence-electron chi connectivity index (χ2n) is 5.16. The zero-order valence-electron chi connectivity index (χ0n) is 10.6. The van der Waals surface area contributed by atoms with Gasteiger partial charge in [-0.1, -0.05) is 0 Å². The van der Waals surface area contributed by atoms with Crippen molar-refractivity contribution in [3.8, 4) is 5.75 Å². The Labute approximate surface area is 107 Å². The zero-order valence-corrected chi connectivity index (χ0v) is 10.6. The molecule has 1 fully saturated rings. The van der Waals surface area contributed by atoms with Gasteiger partial charge in [-0.25, -0.2) is 0 Å². The molecule has 0 atom stereocenters. The maximum Gasteiger partial charge on any atom is 0.251 e. The minimum absolute atomic E-state index is 0.114. The van der Waals surface area contributed by atoms with Crippen LogP contribution in [0, 0.1) is 12.3 Å². The Morgan fingerprint density at radius 1 is 1.44 bits per heavy atom. The van der Waals surface area contributed by atoms with E-state index in [9.17, 15) is 9.90 Å². The third-order valence-corrected chi connectivity index (χ3v) is 3.68. The number of nitrogens with one attached hydrogen (secondary N) is 1. The Morgan fingerprint density at radius 2 is 2.17 bits per heavy atom. The van der Waals surface area contributed by atoms with Crippen LogP contribution >= 0.6 is 0 Å². The number of aliphatic hydroxyl groups excluding tert-OH is 1. The van der Waals surface area contributed by atoms with Gasteiger partial charge in [-0.05, 0) is 55.4 Å². The van der Waals surface area contributed by atoms with Gasteiger partial charge in [0.25, 0.3) is 5.91 Å². The molecule has 0 unspecified atom stereocenters. The monoisotopic (exact) mass is 249 g/mol. The highest BCUT2D eigenvalue weighted by molar-refractivity contribution is 5.95. The van der Waals surface area contributed by atoms with Gasteiger partial charge in [0.05, 0.1) is 0 Å². The summed E-state index contributed by atoms with van der Waals surface area (Å²) in [4.78, 5) is 12.0. The summed E-state index contributed by atoms with van der Waals surface area (Å²) in [5.74, 6) is 0.0553. The molecule has 0 saturated heterocycles. The zero-order chi connectivity index (χ0) is 13.2. The lowest BCUT2D eigenvalue weighted by Crippen LogP contribution is -2.31. The molecule has 2 rings (SSSR count). The summed E-state index contributed by atoms with van der Waals surface area (Å²) in [6.45, 7) is 2.59. The third kappa shape index (κ3) is 2.82. The van der Waals surface area contributed by atoms with E-state index in [1.54, 1.807) is 19.1 Å². The molecular formula is C14H19NO3. The first kappa shape index (κ1) is 12.9. The van der Waals surface area contributed by atoms with Crippen molar-refractivity contribution in [3.05, 3.63) is 29.3 Å². The van der Waals surface area contributed by atoms with Crippen LogP contribution in [0.15, 0.2) is 18.2 Å². The number of hydrogen-bond acceptors (Lipinski definition) is 3. The van der Waals surface area contributed by atoms with Gasteiger partial charge in [0.1, 0.15) is 5.75 Å². The molecule has 0 aromatic heterocycles. The average molecular weight is 249 g/mol. The van der Waals surface area contributed by atoms with E-state index >= 15 is 0 Å². The molecule has 3 N–H and O–H groups in total. The molecule has 1 amide bonds. The van der Waals surface area contributed by atoms with Gasteiger partial charge in [0.15, 0.2) is 0 Å². The van der Waals surface area contributed by atoms with Crippen molar-refractivity contribution in [2.75, 3.05) is 13.2 Å². The van der Waals surface area contributed by atoms with E-state index in [0.29, 0.717) is 12.1 Å². The highest BCUT2D eigenvalue weighted by Gasteiger charge is 2.41. The minimum Gasteiger partial charge on any atom is -0.508 e. The van der Waals surface area contributed by atoms with Crippen molar-refractivity contribution >= 4 is 5.91 Å². The van der Waals surface area contributed by atoms with E-state index in [0.717, 1.165) is 24.8 Å². The number of benzene rings is 1. The van der Waals surface area contributed by atoms with Crippen LogP contribution in [0.3, 0.4) is 0 Å². The average Bonchev–Trinajstić information content (AvgIpc) is 3.07. The van der Waals surface area contributed by atoms with Crippen LogP contribution in [-0.4, -0.2) is 29.3 Å². The lowest BCUT2D eigenvalue weighted by Gasteiger charge is -2.15. The quantitative estimate of drug-likeness (QED) is 0.742. The fraction of sp³-hybridized carbons (Fsp3) is 0.500. The van der Waals surface area contributed by atoms with E-state index in [1.807, 2.05) is 0 Å². The van der Waals surface area contributed by atoms with Crippen molar-refractivity contribution in [1.82, 2.24) is 5.32 Å². The number of phenols is 1. The second-order valence-corrected chi connectivity index (χ2v) is 5.16. The van der Waals surface area contributed by atoms with Crippen LogP contribution in [0.1, 0.15) is 35.2 Å². The lowest BCUT2D eigenvalue weighted by atomic mass is 10.0. The topological polar surface area (TPSA) is 69.6 Å². The summed E-state index contributed by atoms with van der Waals surface area (Å²) in [7, 11) is 0. The maximum atomic E-state index is 12.0. The summed E-state index contributed by atoms with van der Waals surface area (Å²) >= 11 is 0. The summed E-state index contributed by atoms with van der Waals surface area (Å²) in [6, 6.07) is 4.73. The predicted molar refractivity (Wildman–Crippen MR) is 68.5 cm³/mol. The number of carbonyl (C=O) groups is 1. The van der Waals surface area contributed by atoms with E-state index in [-0.39, 0.29) is 23.7 Å². The van der Waals surface area contributed by atoms with Crippen LogP contribution in [0.25, 0.3) is 0 Å². The Balaban J connectivity index is 1.96. The minimum atomic E-state index is -0.114. The molecule has 1 aliphatic rings. The van der Waals surface area contributed by atoms with Gasteiger partial charge < -0.3 is 15.5 Å². The molecule has 1 aromatic carbocycles. The van der Waals surface area contributed by atoms with Crippen molar-refractivity contribution in [2.45, 2.75) is 26.2 Å². The molecule has 4 heteroatoms. The first-order valence-corrected chi connectivity index (χ1v) is 6.25. The van der Waals surface area contributed by atoms with Gasteiger partial charge >= 0.3 is 0 Å². The SMILES string of the molecule is Cc1cc(O)ccc1C(=O)NCC1(CCO)CC1. The predicted octanol–water partition coefficient (Wildman–Crippen LogP) is 1.59. The first-order valence-electron chi connectivity index (χ1n) is 6.25. The summed E-state index contributed by atoms with van der Waals surface area (Å²) in [5, 5.41) is 21.2. The highest BCUT2D eigenvalue weighted by Crippen LogP contribution is 2.47. The van der Waals surface area contributed by atoms with Crippen LogP contribution in [0.5, 0.6) is 5.75 Å². The van der Waals surface area contributed by atoms with Gasteiger partial charge in [0, 0.05) is 18.7 Å². The molecule has 98 valence electrons. The number of amides is 1. The van der Waals surface area contributed by atoms with Gasteiger partial charge in [-0.3, -0.25) is 4.79 Å². The number of aromatic hydroxyl groups is 1. The van der Waals surface area contributed by atoms with Crippen LogP contribution in [0.2, 0.25) is 0 Å². The Morgan fingerprint density at radius 3 is 2.72 bits per heavy atom. The Kier molecular flexibility index (Phi) is 3.57. The van der Waals surface area contributed by atoms with Gasteiger partial charge in [-0.2, -0.15) is 0 Å². The van der Waals surface area contributed by atoms with Crippen LogP contribution < -0.4 is 5.32 Å². The van der Waals surface area contributed by atoms with Crippen LogP contribution in [0.4, 0.5) is 0 Å². The number of rotatable bonds is 5. The van der Waals surface area contributed by atoms with E-state index < -0.39 is 0 Å². The molecule has 1 aliphatic carbocycles. The van der Waals surface area contributed by atoms with Crippen LogP contribution in [-0.2, 0) is 0 Å². The molecule has 0 radical (unpaired) electrons. The lowest BCUT2D eigenvalue weighted by molar-refractivity contribution is 0.0940. The normalized spacial score (nSPS) is 16.3. The second kappa shape index (κ2) is 4.98. The molecule has 0 bridgehead atoms. The largest absolute Gasteiger partial charge is 0.508 e.